The smallest absolute Gasteiger partial charge is 0.0903 e. The average molecular weight is 242 g/mol. The zero-order chi connectivity index (χ0) is 10.8. The Morgan fingerprint density at radius 2 is 2.00 bits per heavy atom. The highest BCUT2D eigenvalue weighted by Crippen LogP contribution is 2.28. The number of hydrogen-bond acceptors (Lipinski definition) is 2. The molecule has 0 bridgehead atoms. The molecule has 2 aromatic rings. The standard InChI is InChI=1S/C11H9Cl2NO/c1-15-6-7-4-8-9(12)2-3-10(13)11(8)14-5-7/h2-5H,6H2,1H3. The van der Waals surface area contributed by atoms with Crippen molar-refractivity contribution < 1.29 is 4.74 Å². The van der Waals surface area contributed by atoms with E-state index < -0.39 is 0 Å². The number of hydrogen-bond donors (Lipinski definition) is 0. The number of ether oxygens (including phenoxy) is 1. The first-order chi connectivity index (χ1) is 7.22. The van der Waals surface area contributed by atoms with Gasteiger partial charge in [-0.2, -0.15) is 0 Å². The lowest BCUT2D eigenvalue weighted by Gasteiger charge is -2.04. The zero-order valence-electron chi connectivity index (χ0n) is 8.13. The maximum absolute atomic E-state index is 6.06. The maximum Gasteiger partial charge on any atom is 0.0903 e. The molecule has 0 saturated carbocycles. The minimum atomic E-state index is 0.520. The third kappa shape index (κ3) is 2.07. The summed E-state index contributed by atoms with van der Waals surface area (Å²) in [4.78, 5) is 4.26. The van der Waals surface area contributed by atoms with Gasteiger partial charge < -0.3 is 4.74 Å². The lowest BCUT2D eigenvalue weighted by atomic mass is 10.1. The van der Waals surface area contributed by atoms with Crippen molar-refractivity contribution >= 4 is 34.1 Å². The van der Waals surface area contributed by atoms with Crippen molar-refractivity contribution in [1.29, 1.82) is 0 Å². The van der Waals surface area contributed by atoms with Gasteiger partial charge in [-0.15, -0.1) is 0 Å². The Hall–Kier alpha value is -0.830. The van der Waals surface area contributed by atoms with E-state index in [0.717, 1.165) is 16.5 Å². The first-order valence-electron chi connectivity index (χ1n) is 4.44. The highest BCUT2D eigenvalue weighted by Gasteiger charge is 2.05. The Morgan fingerprint density at radius 3 is 2.73 bits per heavy atom. The van der Waals surface area contributed by atoms with E-state index in [1.165, 1.54) is 0 Å². The van der Waals surface area contributed by atoms with Gasteiger partial charge in [-0.05, 0) is 23.8 Å². The molecule has 0 fully saturated rings. The van der Waals surface area contributed by atoms with Crippen molar-refractivity contribution in [1.82, 2.24) is 4.98 Å². The molecule has 0 aliphatic rings. The molecule has 1 aromatic heterocycles. The van der Waals surface area contributed by atoms with Gasteiger partial charge in [-0.3, -0.25) is 4.98 Å². The zero-order valence-corrected chi connectivity index (χ0v) is 9.64. The SMILES string of the molecule is COCc1cnc2c(Cl)ccc(Cl)c2c1. The fraction of sp³-hybridized carbons (Fsp3) is 0.182. The number of benzene rings is 1. The molecule has 2 rings (SSSR count). The van der Waals surface area contributed by atoms with E-state index in [4.69, 9.17) is 27.9 Å². The summed E-state index contributed by atoms with van der Waals surface area (Å²) < 4.78 is 5.03. The van der Waals surface area contributed by atoms with Gasteiger partial charge in [0.15, 0.2) is 0 Å². The molecule has 0 saturated heterocycles. The minimum absolute atomic E-state index is 0.520. The molecule has 0 atom stereocenters. The number of methoxy groups -OCH3 is 1. The van der Waals surface area contributed by atoms with Gasteiger partial charge in [0, 0.05) is 18.7 Å². The monoisotopic (exact) mass is 241 g/mol. The van der Waals surface area contributed by atoms with Crippen LogP contribution in [-0.2, 0) is 11.3 Å². The Bertz CT molecular complexity index is 499. The summed E-state index contributed by atoms with van der Waals surface area (Å²) in [7, 11) is 1.64. The minimum Gasteiger partial charge on any atom is -0.380 e. The van der Waals surface area contributed by atoms with Gasteiger partial charge in [0.2, 0.25) is 0 Å². The fourth-order valence-electron chi connectivity index (χ4n) is 1.44. The summed E-state index contributed by atoms with van der Waals surface area (Å²) in [5.41, 5.74) is 1.71. The molecule has 0 amide bonds. The molecular formula is C11H9Cl2NO. The molecule has 1 heterocycles. The summed E-state index contributed by atoms with van der Waals surface area (Å²) in [6.07, 6.45) is 1.74. The Balaban J connectivity index is 2.65. The molecule has 78 valence electrons. The molecule has 2 nitrogen and oxygen atoms in total. The number of halogens is 2. The van der Waals surface area contributed by atoms with Crippen LogP contribution in [0.4, 0.5) is 0 Å². The van der Waals surface area contributed by atoms with Gasteiger partial charge >= 0.3 is 0 Å². The number of pyridine rings is 1. The van der Waals surface area contributed by atoms with Crippen LogP contribution in [0.5, 0.6) is 0 Å². The Labute approximate surface area is 97.8 Å². The topological polar surface area (TPSA) is 22.1 Å². The largest absolute Gasteiger partial charge is 0.380 e. The van der Waals surface area contributed by atoms with Gasteiger partial charge in [0.25, 0.3) is 0 Å². The summed E-state index contributed by atoms with van der Waals surface area (Å²) >= 11 is 12.1. The average Bonchev–Trinajstić information content (AvgIpc) is 2.24. The third-order valence-corrected chi connectivity index (χ3v) is 2.75. The van der Waals surface area contributed by atoms with E-state index in [9.17, 15) is 0 Å². The highest BCUT2D eigenvalue weighted by atomic mass is 35.5. The van der Waals surface area contributed by atoms with Crippen molar-refractivity contribution in [3.63, 3.8) is 0 Å². The quantitative estimate of drug-likeness (QED) is 0.801. The van der Waals surface area contributed by atoms with Crippen molar-refractivity contribution in [3.05, 3.63) is 40.0 Å². The van der Waals surface area contributed by atoms with E-state index >= 15 is 0 Å². The molecule has 0 N–H and O–H groups in total. The van der Waals surface area contributed by atoms with Crippen LogP contribution in [0.25, 0.3) is 10.9 Å². The molecule has 0 aliphatic heterocycles. The van der Waals surface area contributed by atoms with Gasteiger partial charge in [0.05, 0.1) is 22.2 Å². The third-order valence-electron chi connectivity index (χ3n) is 2.11. The van der Waals surface area contributed by atoms with Crippen molar-refractivity contribution in [2.24, 2.45) is 0 Å². The molecule has 0 unspecified atom stereocenters. The summed E-state index contributed by atoms with van der Waals surface area (Å²) in [5, 5.41) is 2.12. The first-order valence-corrected chi connectivity index (χ1v) is 5.19. The number of nitrogens with zero attached hydrogens (tertiary/aromatic N) is 1. The predicted molar refractivity (Wildman–Crippen MR) is 62.5 cm³/mol. The molecule has 1 aromatic carbocycles. The van der Waals surface area contributed by atoms with E-state index in [-0.39, 0.29) is 0 Å². The van der Waals surface area contributed by atoms with Gasteiger partial charge in [0.1, 0.15) is 0 Å². The second kappa shape index (κ2) is 4.35. The second-order valence-electron chi connectivity index (χ2n) is 3.20. The lowest BCUT2D eigenvalue weighted by Crippen LogP contribution is -1.90. The second-order valence-corrected chi connectivity index (χ2v) is 4.02. The summed E-state index contributed by atoms with van der Waals surface area (Å²) in [6.45, 7) is 0.520. The van der Waals surface area contributed by atoms with Crippen LogP contribution in [0.3, 0.4) is 0 Å². The number of fused-ring (bicyclic) bond motifs is 1. The number of aromatic nitrogens is 1. The van der Waals surface area contributed by atoms with Crippen molar-refractivity contribution in [2.45, 2.75) is 6.61 Å². The van der Waals surface area contributed by atoms with E-state index in [0.29, 0.717) is 16.7 Å². The van der Waals surface area contributed by atoms with Gasteiger partial charge in [-0.25, -0.2) is 0 Å². The predicted octanol–water partition coefficient (Wildman–Crippen LogP) is 3.69. The van der Waals surface area contributed by atoms with E-state index in [1.807, 2.05) is 6.07 Å². The molecule has 0 aliphatic carbocycles. The molecule has 0 spiro atoms. The Kier molecular flexibility index (Phi) is 3.10. The van der Waals surface area contributed by atoms with Crippen LogP contribution in [0.1, 0.15) is 5.56 Å². The van der Waals surface area contributed by atoms with Crippen LogP contribution in [0.15, 0.2) is 24.4 Å². The van der Waals surface area contributed by atoms with Crippen LogP contribution in [0, 0.1) is 0 Å². The summed E-state index contributed by atoms with van der Waals surface area (Å²) in [5.74, 6) is 0. The molecule has 0 radical (unpaired) electrons. The van der Waals surface area contributed by atoms with Crippen LogP contribution in [-0.4, -0.2) is 12.1 Å². The lowest BCUT2D eigenvalue weighted by molar-refractivity contribution is 0.185. The fourth-order valence-corrected chi connectivity index (χ4v) is 1.86. The van der Waals surface area contributed by atoms with Crippen LogP contribution in [0.2, 0.25) is 10.0 Å². The van der Waals surface area contributed by atoms with Crippen LogP contribution >= 0.6 is 23.2 Å². The van der Waals surface area contributed by atoms with E-state index in [2.05, 4.69) is 4.98 Å². The molecular weight excluding hydrogens is 233 g/mol. The van der Waals surface area contributed by atoms with Crippen molar-refractivity contribution in [3.8, 4) is 0 Å². The number of rotatable bonds is 2. The maximum atomic E-state index is 6.06. The molecule has 15 heavy (non-hydrogen) atoms. The Morgan fingerprint density at radius 1 is 1.27 bits per heavy atom. The van der Waals surface area contributed by atoms with Crippen LogP contribution < -0.4 is 0 Å². The first kappa shape index (κ1) is 10.7. The normalized spacial score (nSPS) is 10.9. The van der Waals surface area contributed by atoms with E-state index in [1.54, 1.807) is 25.4 Å². The van der Waals surface area contributed by atoms with Gasteiger partial charge in [-0.1, -0.05) is 23.2 Å². The summed E-state index contributed by atoms with van der Waals surface area (Å²) in [6, 6.07) is 5.46. The molecule has 4 heteroatoms. The highest BCUT2D eigenvalue weighted by molar-refractivity contribution is 6.39. The van der Waals surface area contributed by atoms with Crippen molar-refractivity contribution in [2.75, 3.05) is 7.11 Å².